The first-order valence-electron chi connectivity index (χ1n) is 8.43. The van der Waals surface area contributed by atoms with Gasteiger partial charge in [-0.1, -0.05) is 32.0 Å². The van der Waals surface area contributed by atoms with E-state index in [9.17, 15) is 4.79 Å². The van der Waals surface area contributed by atoms with E-state index in [1.807, 2.05) is 0 Å². The first kappa shape index (κ1) is 17.0. The first-order chi connectivity index (χ1) is 10.5. The number of aryl methyl sites for hydroxylation is 2. The zero-order valence-electron chi connectivity index (χ0n) is 14.2. The van der Waals surface area contributed by atoms with Gasteiger partial charge in [-0.15, -0.1) is 0 Å². The zero-order chi connectivity index (χ0) is 16.1. The van der Waals surface area contributed by atoms with Crippen LogP contribution in [0.2, 0.25) is 0 Å². The molecule has 0 bridgehead atoms. The Morgan fingerprint density at radius 3 is 2.23 bits per heavy atom. The van der Waals surface area contributed by atoms with Gasteiger partial charge in [-0.2, -0.15) is 0 Å². The van der Waals surface area contributed by atoms with Gasteiger partial charge in [-0.05, 0) is 37.8 Å². The summed E-state index contributed by atoms with van der Waals surface area (Å²) in [5.41, 5.74) is 3.45. The number of hydrogen-bond acceptors (Lipinski definition) is 2. The Bertz CT molecular complexity index is 484. The molecular weight excluding hydrogens is 276 g/mol. The molecule has 22 heavy (non-hydrogen) atoms. The number of carbonyl (C=O) groups excluding carboxylic acids is 1. The molecule has 0 aromatic heterocycles. The molecule has 0 spiro atoms. The predicted molar refractivity (Wildman–Crippen MR) is 89.4 cm³/mol. The molecule has 1 unspecified atom stereocenters. The van der Waals surface area contributed by atoms with Crippen LogP contribution in [0.3, 0.4) is 0 Å². The van der Waals surface area contributed by atoms with Crippen LogP contribution in [0.25, 0.3) is 0 Å². The van der Waals surface area contributed by atoms with Crippen molar-refractivity contribution >= 4 is 11.6 Å². The number of carbonyl (C=O) groups is 1. The van der Waals surface area contributed by atoms with E-state index in [1.54, 1.807) is 0 Å². The number of hydrogen-bond donors (Lipinski definition) is 2. The third-order valence-electron chi connectivity index (χ3n) is 4.29. The Morgan fingerprint density at radius 1 is 1.18 bits per heavy atom. The molecule has 0 saturated carbocycles. The van der Waals surface area contributed by atoms with Gasteiger partial charge in [0.1, 0.15) is 25.3 Å². The largest absolute Gasteiger partial charge is 0.364 e. The Labute approximate surface area is 133 Å². The third kappa shape index (κ3) is 4.31. The number of rotatable bonds is 5. The summed E-state index contributed by atoms with van der Waals surface area (Å²) < 4.78 is 5.74. The molecule has 2 rings (SSSR count). The predicted octanol–water partition coefficient (Wildman–Crippen LogP) is 1.44. The van der Waals surface area contributed by atoms with Crippen LogP contribution >= 0.6 is 0 Å². The number of nitrogens with one attached hydrogen (secondary N) is 2. The van der Waals surface area contributed by atoms with Gasteiger partial charge >= 0.3 is 0 Å². The maximum absolute atomic E-state index is 12.5. The van der Waals surface area contributed by atoms with Crippen LogP contribution in [0.4, 0.5) is 5.69 Å². The summed E-state index contributed by atoms with van der Waals surface area (Å²) in [4.78, 5) is 13.8. The molecule has 1 aliphatic heterocycles. The van der Waals surface area contributed by atoms with E-state index in [-0.39, 0.29) is 18.1 Å². The highest BCUT2D eigenvalue weighted by Crippen LogP contribution is 2.22. The fourth-order valence-electron chi connectivity index (χ4n) is 3.35. The first-order valence-corrected chi connectivity index (χ1v) is 8.43. The van der Waals surface area contributed by atoms with E-state index in [4.69, 9.17) is 4.74 Å². The molecule has 1 aliphatic rings. The highest BCUT2D eigenvalue weighted by atomic mass is 16.5. The quantitative estimate of drug-likeness (QED) is 0.864. The summed E-state index contributed by atoms with van der Waals surface area (Å²) in [7, 11) is 0. The van der Waals surface area contributed by atoms with Gasteiger partial charge in [0, 0.05) is 5.69 Å². The molecule has 1 fully saturated rings. The van der Waals surface area contributed by atoms with E-state index < -0.39 is 0 Å². The third-order valence-corrected chi connectivity index (χ3v) is 4.29. The Kier molecular flexibility index (Phi) is 5.98. The number of benzene rings is 1. The fraction of sp³-hybridized carbons (Fsp3) is 0.611. The van der Waals surface area contributed by atoms with Gasteiger partial charge in [0.25, 0.3) is 5.91 Å². The monoisotopic (exact) mass is 305 g/mol. The lowest BCUT2D eigenvalue weighted by Crippen LogP contribution is -3.16. The van der Waals surface area contributed by atoms with Crippen molar-refractivity contribution in [3.05, 3.63) is 29.3 Å². The second-order valence-electron chi connectivity index (χ2n) is 6.30. The van der Waals surface area contributed by atoms with Crippen molar-refractivity contribution in [2.45, 2.75) is 52.7 Å². The molecule has 0 aliphatic carbocycles. The van der Waals surface area contributed by atoms with Crippen LogP contribution in [-0.4, -0.2) is 37.7 Å². The second kappa shape index (κ2) is 7.75. The van der Waals surface area contributed by atoms with Crippen molar-refractivity contribution in [1.82, 2.24) is 0 Å². The van der Waals surface area contributed by atoms with Crippen molar-refractivity contribution in [2.75, 3.05) is 25.0 Å². The van der Waals surface area contributed by atoms with Gasteiger partial charge in [0.15, 0.2) is 6.54 Å². The van der Waals surface area contributed by atoms with Crippen molar-refractivity contribution in [3.8, 4) is 0 Å². The van der Waals surface area contributed by atoms with Gasteiger partial charge in [0.05, 0.1) is 0 Å². The molecule has 3 atom stereocenters. The lowest BCUT2D eigenvalue weighted by Gasteiger charge is -2.32. The van der Waals surface area contributed by atoms with Crippen molar-refractivity contribution in [2.24, 2.45) is 0 Å². The van der Waals surface area contributed by atoms with Crippen molar-refractivity contribution in [1.29, 1.82) is 0 Å². The minimum absolute atomic E-state index is 0.104. The summed E-state index contributed by atoms with van der Waals surface area (Å²) in [6, 6.07) is 6.27. The van der Waals surface area contributed by atoms with Crippen LogP contribution in [-0.2, 0) is 22.4 Å². The summed E-state index contributed by atoms with van der Waals surface area (Å²) >= 11 is 0. The molecule has 1 aromatic rings. The standard InChI is InChI=1S/C18H28N2O2/c1-5-15-8-7-9-16(6-2)18(15)19-17(21)12-20-10-13(3)22-14(4)11-20/h7-9,13-14H,5-6,10-12H2,1-4H3,(H,19,21)/p+1/t13-,14+. The Morgan fingerprint density at radius 2 is 1.73 bits per heavy atom. The van der Waals surface area contributed by atoms with Crippen LogP contribution < -0.4 is 10.2 Å². The lowest BCUT2D eigenvalue weighted by molar-refractivity contribution is -0.907. The molecular formula is C18H29N2O2+. The average molecular weight is 305 g/mol. The van der Waals surface area contributed by atoms with Crippen LogP contribution in [0, 0.1) is 0 Å². The summed E-state index contributed by atoms with van der Waals surface area (Å²) in [6.07, 6.45) is 2.31. The van der Waals surface area contributed by atoms with Crippen LogP contribution in [0.1, 0.15) is 38.8 Å². The number of para-hydroxylation sites is 1. The van der Waals surface area contributed by atoms with Gasteiger partial charge < -0.3 is 15.0 Å². The maximum Gasteiger partial charge on any atom is 0.279 e. The number of anilines is 1. The SMILES string of the molecule is CCc1cccc(CC)c1NC(=O)C[NH+]1C[C@@H](C)O[C@@H](C)C1. The molecule has 1 aromatic carbocycles. The van der Waals surface area contributed by atoms with Gasteiger partial charge in [-0.3, -0.25) is 4.79 Å². The van der Waals surface area contributed by atoms with Crippen molar-refractivity contribution in [3.63, 3.8) is 0 Å². The van der Waals surface area contributed by atoms with E-state index in [0.29, 0.717) is 6.54 Å². The Hall–Kier alpha value is -1.39. The number of quaternary nitrogens is 1. The second-order valence-corrected chi connectivity index (χ2v) is 6.30. The maximum atomic E-state index is 12.5. The summed E-state index contributed by atoms with van der Waals surface area (Å²) in [6.45, 7) is 10.7. The van der Waals surface area contributed by atoms with E-state index in [2.05, 4.69) is 51.2 Å². The molecule has 4 heteroatoms. The number of amides is 1. The highest BCUT2D eigenvalue weighted by Gasteiger charge is 2.27. The molecule has 2 N–H and O–H groups in total. The van der Waals surface area contributed by atoms with Crippen LogP contribution in [0.5, 0.6) is 0 Å². The molecule has 1 amide bonds. The molecule has 1 heterocycles. The van der Waals surface area contributed by atoms with Gasteiger partial charge in [-0.25, -0.2) is 0 Å². The van der Waals surface area contributed by atoms with Gasteiger partial charge in [0.2, 0.25) is 0 Å². The minimum Gasteiger partial charge on any atom is -0.364 e. The molecule has 4 nitrogen and oxygen atoms in total. The lowest BCUT2D eigenvalue weighted by atomic mass is 10.0. The van der Waals surface area contributed by atoms with Crippen LogP contribution in [0.15, 0.2) is 18.2 Å². The average Bonchev–Trinajstić information content (AvgIpc) is 2.46. The van der Waals surface area contributed by atoms with E-state index >= 15 is 0 Å². The summed E-state index contributed by atoms with van der Waals surface area (Å²) in [5, 5.41) is 3.16. The fourth-order valence-corrected chi connectivity index (χ4v) is 3.35. The molecule has 0 radical (unpaired) electrons. The van der Waals surface area contributed by atoms with E-state index in [1.165, 1.54) is 16.0 Å². The minimum atomic E-state index is 0.104. The summed E-state index contributed by atoms with van der Waals surface area (Å²) in [5.74, 6) is 0.104. The highest BCUT2D eigenvalue weighted by molar-refractivity contribution is 5.93. The topological polar surface area (TPSA) is 42.8 Å². The number of morpholine rings is 1. The Balaban J connectivity index is 2.03. The molecule has 122 valence electrons. The molecule has 1 saturated heterocycles. The van der Waals surface area contributed by atoms with E-state index in [0.717, 1.165) is 31.6 Å². The van der Waals surface area contributed by atoms with Crippen molar-refractivity contribution < 1.29 is 14.4 Å². The normalized spacial score (nSPS) is 25.0. The smallest absolute Gasteiger partial charge is 0.279 e. The zero-order valence-corrected chi connectivity index (χ0v) is 14.2. The number of ether oxygens (including phenoxy) is 1.